The van der Waals surface area contributed by atoms with Gasteiger partial charge in [-0.25, -0.2) is 4.39 Å². The number of alkyl halides is 1. The lowest BCUT2D eigenvalue weighted by Crippen LogP contribution is -2.36. The standard InChI is InChI=1S/C16H33FN2O4/c1-4-5-6-16(20)19-13-15(17)14(2)23-12-11-22-10-9-21-8-7-18-3/h14-15,18H,4-13H2,1-3H3,(H,19,20). The summed E-state index contributed by atoms with van der Waals surface area (Å²) >= 11 is 0. The Balaban J connectivity index is 3.46. The van der Waals surface area contributed by atoms with Crippen molar-refractivity contribution in [1.82, 2.24) is 10.6 Å². The number of carbonyl (C=O) groups excluding carboxylic acids is 1. The van der Waals surface area contributed by atoms with Crippen LogP contribution in [0.15, 0.2) is 0 Å². The van der Waals surface area contributed by atoms with Gasteiger partial charge in [-0.05, 0) is 20.4 Å². The first-order valence-electron chi connectivity index (χ1n) is 8.44. The van der Waals surface area contributed by atoms with Crippen LogP contribution in [0.25, 0.3) is 0 Å². The van der Waals surface area contributed by atoms with Gasteiger partial charge in [-0.3, -0.25) is 4.79 Å². The summed E-state index contributed by atoms with van der Waals surface area (Å²) in [5.74, 6) is -0.108. The Bertz CT molecular complexity index is 283. The summed E-state index contributed by atoms with van der Waals surface area (Å²) < 4.78 is 29.8. The Hall–Kier alpha value is -0.760. The highest BCUT2D eigenvalue weighted by atomic mass is 19.1. The van der Waals surface area contributed by atoms with Crippen LogP contribution in [0.3, 0.4) is 0 Å². The van der Waals surface area contributed by atoms with Gasteiger partial charge in [0.15, 0.2) is 0 Å². The van der Waals surface area contributed by atoms with E-state index >= 15 is 0 Å². The minimum absolute atomic E-state index is 0.0100. The highest BCUT2D eigenvalue weighted by Crippen LogP contribution is 2.03. The van der Waals surface area contributed by atoms with Gasteiger partial charge in [0, 0.05) is 13.0 Å². The fraction of sp³-hybridized carbons (Fsp3) is 0.938. The van der Waals surface area contributed by atoms with Crippen molar-refractivity contribution in [3.8, 4) is 0 Å². The summed E-state index contributed by atoms with van der Waals surface area (Å²) in [6.07, 6.45) is 0.433. The van der Waals surface area contributed by atoms with Crippen LogP contribution in [0.4, 0.5) is 4.39 Å². The molecule has 0 aliphatic carbocycles. The minimum atomic E-state index is -1.22. The second kappa shape index (κ2) is 16.1. The molecule has 0 heterocycles. The molecule has 0 fully saturated rings. The molecule has 2 atom stereocenters. The molecular formula is C16H33FN2O4. The van der Waals surface area contributed by atoms with Crippen molar-refractivity contribution < 1.29 is 23.4 Å². The molecule has 6 nitrogen and oxygen atoms in total. The summed E-state index contributed by atoms with van der Waals surface area (Å²) in [6.45, 7) is 6.87. The summed E-state index contributed by atoms with van der Waals surface area (Å²) in [6, 6.07) is 0. The van der Waals surface area contributed by atoms with Gasteiger partial charge in [0.25, 0.3) is 0 Å². The third-order valence-electron chi connectivity index (χ3n) is 3.24. The van der Waals surface area contributed by atoms with Crippen molar-refractivity contribution >= 4 is 5.91 Å². The van der Waals surface area contributed by atoms with Crippen LogP contribution in [-0.4, -0.2) is 71.4 Å². The number of hydrogen-bond donors (Lipinski definition) is 2. The van der Waals surface area contributed by atoms with Crippen molar-refractivity contribution in [2.24, 2.45) is 0 Å². The van der Waals surface area contributed by atoms with Crippen LogP contribution in [0, 0.1) is 0 Å². The zero-order chi connectivity index (χ0) is 17.3. The van der Waals surface area contributed by atoms with E-state index in [1.807, 2.05) is 14.0 Å². The third-order valence-corrected chi connectivity index (χ3v) is 3.24. The van der Waals surface area contributed by atoms with E-state index in [0.29, 0.717) is 39.5 Å². The SMILES string of the molecule is CCCCC(=O)NCC(F)C(C)OCCOCCOCCNC. The molecule has 0 spiro atoms. The molecule has 2 N–H and O–H groups in total. The maximum absolute atomic E-state index is 13.8. The van der Waals surface area contributed by atoms with E-state index in [2.05, 4.69) is 10.6 Å². The summed E-state index contributed by atoms with van der Waals surface area (Å²) in [7, 11) is 1.87. The van der Waals surface area contributed by atoms with E-state index in [1.54, 1.807) is 6.92 Å². The molecule has 0 aliphatic heterocycles. The minimum Gasteiger partial charge on any atom is -0.378 e. The number of halogens is 1. The molecule has 23 heavy (non-hydrogen) atoms. The van der Waals surface area contributed by atoms with Crippen LogP contribution < -0.4 is 10.6 Å². The molecule has 0 aromatic carbocycles. The molecule has 0 saturated carbocycles. The van der Waals surface area contributed by atoms with Crippen LogP contribution >= 0.6 is 0 Å². The maximum Gasteiger partial charge on any atom is 0.220 e. The smallest absolute Gasteiger partial charge is 0.220 e. The van der Waals surface area contributed by atoms with E-state index in [4.69, 9.17) is 14.2 Å². The predicted octanol–water partition coefficient (Wildman–Crippen LogP) is 1.29. The lowest BCUT2D eigenvalue weighted by atomic mass is 10.2. The number of carbonyl (C=O) groups is 1. The summed E-state index contributed by atoms with van der Waals surface area (Å²) in [4.78, 5) is 11.4. The van der Waals surface area contributed by atoms with Crippen molar-refractivity contribution in [2.45, 2.75) is 45.4 Å². The number of hydrogen-bond acceptors (Lipinski definition) is 5. The van der Waals surface area contributed by atoms with E-state index < -0.39 is 12.3 Å². The molecule has 1 amide bonds. The Labute approximate surface area is 139 Å². The van der Waals surface area contributed by atoms with Gasteiger partial charge in [0.05, 0.1) is 45.7 Å². The van der Waals surface area contributed by atoms with E-state index in [-0.39, 0.29) is 12.5 Å². The van der Waals surface area contributed by atoms with Crippen LogP contribution in [0.5, 0.6) is 0 Å². The number of amides is 1. The Morgan fingerprint density at radius 3 is 2.43 bits per heavy atom. The van der Waals surface area contributed by atoms with Gasteiger partial charge >= 0.3 is 0 Å². The lowest BCUT2D eigenvalue weighted by Gasteiger charge is -2.18. The summed E-state index contributed by atoms with van der Waals surface area (Å²) in [5, 5.41) is 5.57. The number of rotatable bonds is 16. The normalized spacial score (nSPS) is 13.7. The average Bonchev–Trinajstić information content (AvgIpc) is 2.56. The van der Waals surface area contributed by atoms with Crippen molar-refractivity contribution in [3.05, 3.63) is 0 Å². The van der Waals surface area contributed by atoms with Crippen LogP contribution in [-0.2, 0) is 19.0 Å². The fourth-order valence-electron chi connectivity index (χ4n) is 1.70. The third kappa shape index (κ3) is 14.6. The first-order chi connectivity index (χ1) is 11.1. The van der Waals surface area contributed by atoms with Crippen molar-refractivity contribution in [2.75, 3.05) is 53.2 Å². The topological polar surface area (TPSA) is 68.8 Å². The quantitative estimate of drug-likeness (QED) is 0.416. The average molecular weight is 336 g/mol. The van der Waals surface area contributed by atoms with Crippen molar-refractivity contribution in [1.29, 1.82) is 0 Å². The number of nitrogens with one attached hydrogen (secondary N) is 2. The molecule has 0 saturated heterocycles. The number of ether oxygens (including phenoxy) is 3. The second-order valence-electron chi connectivity index (χ2n) is 5.33. The van der Waals surface area contributed by atoms with E-state index in [1.165, 1.54) is 0 Å². The molecule has 7 heteroatoms. The first kappa shape index (κ1) is 22.2. The molecule has 0 rings (SSSR count). The molecule has 0 aromatic heterocycles. The summed E-state index contributed by atoms with van der Waals surface area (Å²) in [5.41, 5.74) is 0. The molecule has 0 radical (unpaired) electrons. The highest BCUT2D eigenvalue weighted by molar-refractivity contribution is 5.75. The van der Waals surface area contributed by atoms with Crippen molar-refractivity contribution in [3.63, 3.8) is 0 Å². The molecule has 2 unspecified atom stereocenters. The zero-order valence-electron chi connectivity index (χ0n) is 14.7. The molecule has 0 aromatic rings. The van der Waals surface area contributed by atoms with Gasteiger partial charge in [-0.1, -0.05) is 13.3 Å². The van der Waals surface area contributed by atoms with Crippen LogP contribution in [0.1, 0.15) is 33.1 Å². The first-order valence-corrected chi connectivity index (χ1v) is 8.44. The van der Waals surface area contributed by atoms with E-state index in [0.717, 1.165) is 19.4 Å². The largest absolute Gasteiger partial charge is 0.378 e. The maximum atomic E-state index is 13.8. The lowest BCUT2D eigenvalue weighted by molar-refractivity contribution is -0.121. The second-order valence-corrected chi connectivity index (χ2v) is 5.33. The molecule has 0 bridgehead atoms. The van der Waals surface area contributed by atoms with Gasteiger partial charge in [-0.2, -0.15) is 0 Å². The van der Waals surface area contributed by atoms with Gasteiger partial charge in [0.1, 0.15) is 6.17 Å². The molecular weight excluding hydrogens is 303 g/mol. The Morgan fingerprint density at radius 2 is 1.78 bits per heavy atom. The molecule has 0 aliphatic rings. The zero-order valence-corrected chi connectivity index (χ0v) is 14.7. The Morgan fingerprint density at radius 1 is 1.13 bits per heavy atom. The number of likely N-dealkylation sites (N-methyl/N-ethyl adjacent to an activating group) is 1. The molecule has 138 valence electrons. The van der Waals surface area contributed by atoms with Gasteiger partial charge in [0.2, 0.25) is 5.91 Å². The van der Waals surface area contributed by atoms with E-state index in [9.17, 15) is 9.18 Å². The van der Waals surface area contributed by atoms with Gasteiger partial charge < -0.3 is 24.8 Å². The highest BCUT2D eigenvalue weighted by Gasteiger charge is 2.17. The van der Waals surface area contributed by atoms with Crippen LogP contribution in [0.2, 0.25) is 0 Å². The predicted molar refractivity (Wildman–Crippen MR) is 88.4 cm³/mol. The monoisotopic (exact) mass is 336 g/mol. The number of unbranched alkanes of at least 4 members (excludes halogenated alkanes) is 1. The Kier molecular flexibility index (Phi) is 15.6. The van der Waals surface area contributed by atoms with Gasteiger partial charge in [-0.15, -0.1) is 0 Å². The fourth-order valence-corrected chi connectivity index (χ4v) is 1.70.